The molecule has 0 saturated carbocycles. The largest absolute Gasteiger partial charge is 0.469 e. The van der Waals surface area contributed by atoms with Crippen LogP contribution in [0.25, 0.3) is 0 Å². The fourth-order valence-electron chi connectivity index (χ4n) is 2.31. The van der Waals surface area contributed by atoms with E-state index >= 15 is 0 Å². The smallest absolute Gasteiger partial charge is 0.108 e. The Morgan fingerprint density at radius 1 is 1.56 bits per heavy atom. The lowest BCUT2D eigenvalue weighted by Crippen LogP contribution is -2.23. The van der Waals surface area contributed by atoms with Crippen molar-refractivity contribution in [3.63, 3.8) is 0 Å². The van der Waals surface area contributed by atoms with Crippen LogP contribution in [0.5, 0.6) is 0 Å². The third-order valence-electron chi connectivity index (χ3n) is 3.16. The maximum Gasteiger partial charge on any atom is 0.108 e. The van der Waals surface area contributed by atoms with Crippen molar-refractivity contribution in [1.82, 2.24) is 15.5 Å². The number of fused-ring (bicyclic) bond motifs is 1. The Morgan fingerprint density at radius 3 is 3.44 bits per heavy atom. The highest BCUT2D eigenvalue weighted by atomic mass is 16.3. The summed E-state index contributed by atoms with van der Waals surface area (Å²) in [7, 11) is 0. The first-order chi connectivity index (χ1) is 7.93. The van der Waals surface area contributed by atoms with Crippen molar-refractivity contribution in [3.05, 3.63) is 41.6 Å². The first-order valence-electron chi connectivity index (χ1n) is 5.71. The van der Waals surface area contributed by atoms with Gasteiger partial charge in [0.2, 0.25) is 0 Å². The summed E-state index contributed by atoms with van der Waals surface area (Å²) in [4.78, 5) is 0. The van der Waals surface area contributed by atoms with Crippen LogP contribution < -0.4 is 5.32 Å². The predicted octanol–water partition coefficient (Wildman–Crippen LogP) is 2.17. The van der Waals surface area contributed by atoms with Crippen LogP contribution in [-0.4, -0.2) is 10.2 Å². The third-order valence-corrected chi connectivity index (χ3v) is 3.16. The Morgan fingerprint density at radius 2 is 2.56 bits per heavy atom. The van der Waals surface area contributed by atoms with Crippen molar-refractivity contribution in [2.45, 2.75) is 31.8 Å². The van der Waals surface area contributed by atoms with Crippen molar-refractivity contribution in [2.75, 3.05) is 0 Å². The molecule has 0 fully saturated rings. The van der Waals surface area contributed by atoms with Gasteiger partial charge in [0.15, 0.2) is 0 Å². The first kappa shape index (κ1) is 9.66. The molecule has 3 rings (SSSR count). The average Bonchev–Trinajstić information content (AvgIpc) is 2.97. The van der Waals surface area contributed by atoms with Crippen LogP contribution in [0.1, 0.15) is 35.8 Å². The quantitative estimate of drug-likeness (QED) is 0.828. The number of nitrogens with zero attached hydrogens (tertiary/aromatic N) is 1. The molecule has 0 radical (unpaired) electrons. The topological polar surface area (TPSA) is 53.9 Å². The number of aryl methyl sites for hydroxylation is 1. The van der Waals surface area contributed by atoms with Crippen LogP contribution in [0.3, 0.4) is 0 Å². The van der Waals surface area contributed by atoms with Gasteiger partial charge in [0, 0.05) is 36.3 Å². The number of hydrogen-bond donors (Lipinski definition) is 2. The summed E-state index contributed by atoms with van der Waals surface area (Å²) in [6, 6.07) is 2.51. The van der Waals surface area contributed by atoms with Crippen LogP contribution in [0.15, 0.2) is 29.1 Å². The molecular weight excluding hydrogens is 202 g/mol. The van der Waals surface area contributed by atoms with Gasteiger partial charge in [-0.05, 0) is 18.9 Å². The summed E-state index contributed by atoms with van der Waals surface area (Å²) < 4.78 is 5.46. The molecule has 1 atom stereocenters. The highest BCUT2D eigenvalue weighted by Gasteiger charge is 2.21. The highest BCUT2D eigenvalue weighted by molar-refractivity contribution is 5.24. The van der Waals surface area contributed by atoms with E-state index < -0.39 is 0 Å². The van der Waals surface area contributed by atoms with Gasteiger partial charge in [-0.3, -0.25) is 5.10 Å². The molecule has 2 N–H and O–H groups in total. The third kappa shape index (κ3) is 1.76. The Hall–Kier alpha value is -1.55. The summed E-state index contributed by atoms with van der Waals surface area (Å²) in [6.07, 6.45) is 9.03. The van der Waals surface area contributed by atoms with Crippen molar-refractivity contribution in [3.8, 4) is 0 Å². The van der Waals surface area contributed by atoms with Gasteiger partial charge in [-0.25, -0.2) is 0 Å². The monoisotopic (exact) mass is 217 g/mol. The summed E-state index contributed by atoms with van der Waals surface area (Å²) in [5, 5.41) is 10.3. The van der Waals surface area contributed by atoms with E-state index in [1.165, 1.54) is 24.0 Å². The molecule has 1 unspecified atom stereocenters. The highest BCUT2D eigenvalue weighted by Crippen LogP contribution is 2.30. The molecule has 1 aliphatic carbocycles. The lowest BCUT2D eigenvalue weighted by atomic mass is 9.93. The van der Waals surface area contributed by atoms with Gasteiger partial charge >= 0.3 is 0 Å². The van der Waals surface area contributed by atoms with E-state index in [4.69, 9.17) is 4.42 Å². The molecule has 2 heterocycles. The Balaban J connectivity index is 1.69. The van der Waals surface area contributed by atoms with E-state index in [1.807, 2.05) is 12.4 Å². The van der Waals surface area contributed by atoms with Gasteiger partial charge < -0.3 is 9.73 Å². The standard InChI is InChI=1S/C12H15N3O/c1-2-11(10-4-5-16-12(10)3-1)13-6-9-7-14-15-8-9/h4-5,7-8,11,13H,1-3,6H2,(H,14,15). The Labute approximate surface area is 94.0 Å². The Kier molecular flexibility index (Phi) is 2.50. The number of furan rings is 1. The molecule has 0 saturated heterocycles. The van der Waals surface area contributed by atoms with Crippen LogP contribution >= 0.6 is 0 Å². The molecule has 84 valence electrons. The fourth-order valence-corrected chi connectivity index (χ4v) is 2.31. The predicted molar refractivity (Wildman–Crippen MR) is 59.8 cm³/mol. The van der Waals surface area contributed by atoms with Gasteiger partial charge in [-0.2, -0.15) is 5.10 Å². The SMILES string of the molecule is c1cc2c(o1)CCCC2NCc1cn[nH]c1. The molecule has 2 aromatic rings. The van der Waals surface area contributed by atoms with Crippen molar-refractivity contribution >= 4 is 0 Å². The number of rotatable bonds is 3. The second-order valence-corrected chi connectivity index (χ2v) is 4.23. The van der Waals surface area contributed by atoms with E-state index in [0.29, 0.717) is 6.04 Å². The number of hydrogen-bond acceptors (Lipinski definition) is 3. The molecule has 1 aliphatic rings. The number of aromatic nitrogens is 2. The van der Waals surface area contributed by atoms with E-state index in [2.05, 4.69) is 21.6 Å². The molecule has 4 heteroatoms. The molecule has 0 aromatic carbocycles. The van der Waals surface area contributed by atoms with E-state index in [0.717, 1.165) is 18.7 Å². The normalized spacial score (nSPS) is 19.6. The van der Waals surface area contributed by atoms with Crippen LogP contribution in [0, 0.1) is 0 Å². The van der Waals surface area contributed by atoms with Crippen molar-refractivity contribution in [1.29, 1.82) is 0 Å². The molecule has 4 nitrogen and oxygen atoms in total. The second-order valence-electron chi connectivity index (χ2n) is 4.23. The number of aromatic amines is 1. The summed E-state index contributed by atoms with van der Waals surface area (Å²) in [6.45, 7) is 0.853. The minimum absolute atomic E-state index is 0.428. The van der Waals surface area contributed by atoms with Gasteiger partial charge in [-0.15, -0.1) is 0 Å². The van der Waals surface area contributed by atoms with Crippen LogP contribution in [0.4, 0.5) is 0 Å². The number of nitrogens with one attached hydrogen (secondary N) is 2. The van der Waals surface area contributed by atoms with Crippen LogP contribution in [0.2, 0.25) is 0 Å². The average molecular weight is 217 g/mol. The van der Waals surface area contributed by atoms with Gasteiger partial charge in [0.1, 0.15) is 5.76 Å². The van der Waals surface area contributed by atoms with E-state index in [9.17, 15) is 0 Å². The fraction of sp³-hybridized carbons (Fsp3) is 0.417. The van der Waals surface area contributed by atoms with Crippen LogP contribution in [-0.2, 0) is 13.0 Å². The molecule has 0 amide bonds. The van der Waals surface area contributed by atoms with Gasteiger partial charge in [0.05, 0.1) is 12.5 Å². The summed E-state index contributed by atoms with van der Waals surface area (Å²) in [5.41, 5.74) is 2.52. The molecule has 16 heavy (non-hydrogen) atoms. The van der Waals surface area contributed by atoms with Gasteiger partial charge in [0.25, 0.3) is 0 Å². The lowest BCUT2D eigenvalue weighted by molar-refractivity contribution is 0.411. The molecule has 2 aromatic heterocycles. The zero-order valence-electron chi connectivity index (χ0n) is 9.07. The maximum absolute atomic E-state index is 5.46. The van der Waals surface area contributed by atoms with Gasteiger partial charge in [-0.1, -0.05) is 0 Å². The van der Waals surface area contributed by atoms with E-state index in [-0.39, 0.29) is 0 Å². The zero-order chi connectivity index (χ0) is 10.8. The lowest BCUT2D eigenvalue weighted by Gasteiger charge is -2.22. The molecule has 0 spiro atoms. The Bertz CT molecular complexity index is 447. The number of H-pyrrole nitrogens is 1. The van der Waals surface area contributed by atoms with Crippen molar-refractivity contribution < 1.29 is 4.42 Å². The minimum atomic E-state index is 0.428. The zero-order valence-corrected chi connectivity index (χ0v) is 9.07. The molecule has 0 bridgehead atoms. The first-order valence-corrected chi connectivity index (χ1v) is 5.71. The summed E-state index contributed by atoms with van der Waals surface area (Å²) >= 11 is 0. The molecular formula is C12H15N3O. The minimum Gasteiger partial charge on any atom is -0.469 e. The second kappa shape index (κ2) is 4.14. The molecule has 0 aliphatic heterocycles. The van der Waals surface area contributed by atoms with E-state index in [1.54, 1.807) is 6.26 Å². The maximum atomic E-state index is 5.46. The van der Waals surface area contributed by atoms with Crippen molar-refractivity contribution in [2.24, 2.45) is 0 Å². The summed E-state index contributed by atoms with van der Waals surface area (Å²) in [5.74, 6) is 1.15.